The summed E-state index contributed by atoms with van der Waals surface area (Å²) in [5.41, 5.74) is -1.52. The molecule has 2 aliphatic carbocycles. The molecule has 2 aliphatic rings. The molecule has 48 heavy (non-hydrogen) atoms. The summed E-state index contributed by atoms with van der Waals surface area (Å²) >= 11 is 0. The largest absolute Gasteiger partial charge is 0.478 e. The van der Waals surface area contributed by atoms with Gasteiger partial charge in [-0.05, 0) is 53.8 Å². The zero-order chi connectivity index (χ0) is 34.2. The third kappa shape index (κ3) is 5.15. The van der Waals surface area contributed by atoms with Crippen LogP contribution in [-0.4, -0.2) is 41.9 Å². The zero-order valence-corrected chi connectivity index (χ0v) is 24.6. The number of hydrogen-bond acceptors (Lipinski definition) is 5. The molecule has 0 radical (unpaired) electrons. The van der Waals surface area contributed by atoms with Crippen LogP contribution in [0.15, 0.2) is 48.7 Å². The number of aromatic nitrogens is 5. The summed E-state index contributed by atoms with van der Waals surface area (Å²) in [6.07, 6.45) is -2.15. The minimum Gasteiger partial charge on any atom is -0.478 e. The molecular weight excluding hydrogens is 649 g/mol. The van der Waals surface area contributed by atoms with E-state index in [1.165, 1.54) is 25.3 Å². The van der Waals surface area contributed by atoms with Gasteiger partial charge in [-0.3, -0.25) is 14.6 Å². The number of nitrogens with one attached hydrogen (secondary N) is 2. The number of carbonyl (C=O) groups is 2. The van der Waals surface area contributed by atoms with Crippen LogP contribution in [-0.2, 0) is 23.7 Å². The lowest BCUT2D eigenvalue weighted by atomic mass is 9.94. The number of benzene rings is 2. The van der Waals surface area contributed by atoms with E-state index in [-0.39, 0.29) is 39.9 Å². The molecule has 4 atom stereocenters. The number of fused-ring (bicyclic) bond motifs is 4. The average molecular weight is 673 g/mol. The number of amides is 1. The molecule has 1 saturated carbocycles. The molecule has 5 aromatic rings. The molecule has 1 fully saturated rings. The Morgan fingerprint density at radius 2 is 1.79 bits per heavy atom. The van der Waals surface area contributed by atoms with Crippen LogP contribution in [0.25, 0.3) is 22.2 Å². The number of carbonyl (C=O) groups excluding carboxylic acids is 1. The Balaban J connectivity index is 1.31. The number of carboxylic acid groups (broad SMARTS) is 1. The Hall–Kier alpha value is -5.28. The van der Waals surface area contributed by atoms with Crippen LogP contribution >= 0.6 is 0 Å². The lowest BCUT2D eigenvalue weighted by Crippen LogP contribution is -2.35. The van der Waals surface area contributed by atoms with E-state index in [0.717, 1.165) is 24.3 Å². The van der Waals surface area contributed by atoms with E-state index in [1.54, 1.807) is 0 Å². The van der Waals surface area contributed by atoms with Crippen molar-refractivity contribution in [1.82, 2.24) is 30.3 Å². The van der Waals surface area contributed by atoms with E-state index in [9.17, 15) is 36.6 Å². The minimum atomic E-state index is -3.51. The van der Waals surface area contributed by atoms with Gasteiger partial charge in [0.15, 0.2) is 0 Å². The summed E-state index contributed by atoms with van der Waals surface area (Å²) in [6.45, 7) is 0.628. The highest BCUT2D eigenvalue weighted by Crippen LogP contribution is 2.71. The standard InChI is InChI=1S/C32H23F7N6O3/c1-12-24-25-28(30(36)37)44-45(29(25)32(38,39)26(12)24)11-23(46)41-21(6-13-4-15(33)8-16(34)5-13)27-17(9-20-22(42-27)10-40-43-20)14-2-3-19(35)18(7-14)31(47)48/h2-5,7-10,12,21,24,26,30H,6,11H2,1H3,(H,40,43)(H,41,46)(H,47,48)/t12-,21+,24-,26-/m1/s1. The van der Waals surface area contributed by atoms with Gasteiger partial charge in [0.1, 0.15) is 40.9 Å². The van der Waals surface area contributed by atoms with Crippen LogP contribution in [0.4, 0.5) is 30.7 Å². The zero-order valence-electron chi connectivity index (χ0n) is 24.6. The first kappa shape index (κ1) is 31.3. The lowest BCUT2D eigenvalue weighted by Gasteiger charge is -2.23. The first-order valence-corrected chi connectivity index (χ1v) is 14.6. The van der Waals surface area contributed by atoms with Crippen molar-refractivity contribution in [2.24, 2.45) is 11.8 Å². The smallest absolute Gasteiger partial charge is 0.338 e. The Labute approximate surface area is 265 Å². The number of alkyl halides is 4. The van der Waals surface area contributed by atoms with Crippen LogP contribution in [0.2, 0.25) is 0 Å². The van der Waals surface area contributed by atoms with Crippen LogP contribution in [0.5, 0.6) is 0 Å². The molecule has 1 amide bonds. The Morgan fingerprint density at radius 3 is 2.48 bits per heavy atom. The van der Waals surface area contributed by atoms with Gasteiger partial charge in [0.25, 0.3) is 12.3 Å². The molecule has 2 aromatic carbocycles. The summed E-state index contributed by atoms with van der Waals surface area (Å²) < 4.78 is 102. The SMILES string of the molecule is C[C@@H]1[C@@H]2c3c(C(F)F)nn(CC(=O)N[C@@H](Cc4cc(F)cc(F)c4)c4nc5cn[nH]c5cc4-c4ccc(F)c(C(=O)O)c4)c3C(F)(F)[C@H]12. The van der Waals surface area contributed by atoms with E-state index in [4.69, 9.17) is 0 Å². The van der Waals surface area contributed by atoms with Crippen LogP contribution in [0.3, 0.4) is 0 Å². The van der Waals surface area contributed by atoms with Gasteiger partial charge in [0, 0.05) is 29.0 Å². The molecule has 3 heterocycles. The summed E-state index contributed by atoms with van der Waals surface area (Å²) in [5.74, 6) is -11.5. The van der Waals surface area contributed by atoms with Gasteiger partial charge in [-0.1, -0.05) is 13.0 Å². The van der Waals surface area contributed by atoms with Crippen molar-refractivity contribution in [3.63, 3.8) is 0 Å². The molecule has 3 aromatic heterocycles. The second-order valence-electron chi connectivity index (χ2n) is 12.0. The average Bonchev–Trinajstić information content (AvgIpc) is 3.29. The topological polar surface area (TPSA) is 126 Å². The molecule has 0 spiro atoms. The van der Waals surface area contributed by atoms with Crippen LogP contribution in [0, 0.1) is 29.3 Å². The van der Waals surface area contributed by atoms with Crippen molar-refractivity contribution >= 4 is 22.9 Å². The number of nitrogens with zero attached hydrogens (tertiary/aromatic N) is 4. The summed E-state index contributed by atoms with van der Waals surface area (Å²) in [7, 11) is 0. The maximum absolute atomic E-state index is 15.4. The predicted octanol–water partition coefficient (Wildman–Crippen LogP) is 6.43. The van der Waals surface area contributed by atoms with E-state index >= 15 is 8.78 Å². The molecular formula is C32H23F7N6O3. The number of aromatic amines is 1. The van der Waals surface area contributed by atoms with Crippen molar-refractivity contribution in [2.45, 2.75) is 44.2 Å². The number of hydrogen-bond donors (Lipinski definition) is 3. The lowest BCUT2D eigenvalue weighted by molar-refractivity contribution is -0.123. The fourth-order valence-corrected chi connectivity index (χ4v) is 6.87. The Bertz CT molecular complexity index is 2110. The van der Waals surface area contributed by atoms with E-state index in [2.05, 4.69) is 25.6 Å². The monoisotopic (exact) mass is 672 g/mol. The van der Waals surface area contributed by atoms with Gasteiger partial charge in [-0.15, -0.1) is 0 Å². The number of H-pyrrole nitrogens is 1. The summed E-state index contributed by atoms with van der Waals surface area (Å²) in [5, 5.41) is 22.5. The number of aromatic carboxylic acids is 1. The molecule has 3 N–H and O–H groups in total. The molecule has 248 valence electrons. The second kappa shape index (κ2) is 11.2. The first-order chi connectivity index (χ1) is 22.7. The van der Waals surface area contributed by atoms with Crippen LogP contribution in [0.1, 0.15) is 63.9 Å². The van der Waals surface area contributed by atoms with Gasteiger partial charge in [-0.25, -0.2) is 31.7 Å². The van der Waals surface area contributed by atoms with Gasteiger partial charge >= 0.3 is 5.97 Å². The summed E-state index contributed by atoms with van der Waals surface area (Å²) in [6, 6.07) is 6.07. The highest BCUT2D eigenvalue weighted by Gasteiger charge is 2.71. The van der Waals surface area contributed by atoms with Gasteiger partial charge in [0.2, 0.25) is 5.91 Å². The molecule has 0 saturated heterocycles. The molecule has 0 aliphatic heterocycles. The number of halogens is 7. The van der Waals surface area contributed by atoms with Crippen LogP contribution < -0.4 is 5.32 Å². The fourth-order valence-electron chi connectivity index (χ4n) is 6.87. The van der Waals surface area contributed by atoms with E-state index in [0.29, 0.717) is 16.3 Å². The molecule has 16 heteroatoms. The van der Waals surface area contributed by atoms with Crippen molar-refractivity contribution in [3.05, 3.63) is 99.9 Å². The third-order valence-corrected chi connectivity index (χ3v) is 8.95. The number of rotatable bonds is 9. The van der Waals surface area contributed by atoms with Gasteiger partial charge in [0.05, 0.1) is 29.0 Å². The molecule has 7 rings (SSSR count). The first-order valence-electron chi connectivity index (χ1n) is 14.6. The highest BCUT2D eigenvalue weighted by atomic mass is 19.3. The third-order valence-electron chi connectivity index (χ3n) is 8.95. The van der Waals surface area contributed by atoms with E-state index in [1.807, 2.05) is 0 Å². The maximum atomic E-state index is 15.4. The molecule has 9 nitrogen and oxygen atoms in total. The second-order valence-corrected chi connectivity index (χ2v) is 12.0. The fraction of sp³-hybridized carbons (Fsp3) is 0.281. The predicted molar refractivity (Wildman–Crippen MR) is 154 cm³/mol. The van der Waals surface area contributed by atoms with Crippen molar-refractivity contribution < 1.29 is 45.4 Å². The summed E-state index contributed by atoms with van der Waals surface area (Å²) in [4.78, 5) is 29.9. The Kier molecular flexibility index (Phi) is 7.29. The molecule has 0 bridgehead atoms. The Morgan fingerprint density at radius 1 is 1.06 bits per heavy atom. The van der Waals surface area contributed by atoms with Gasteiger partial charge < -0.3 is 10.4 Å². The number of carboxylic acids is 1. The van der Waals surface area contributed by atoms with Gasteiger partial charge in [-0.2, -0.15) is 19.0 Å². The minimum absolute atomic E-state index is 0.0178. The van der Waals surface area contributed by atoms with Crippen molar-refractivity contribution in [2.75, 3.05) is 0 Å². The van der Waals surface area contributed by atoms with Crippen molar-refractivity contribution in [3.8, 4) is 11.1 Å². The van der Waals surface area contributed by atoms with E-state index < -0.39 is 89.0 Å². The number of pyridine rings is 1. The molecule has 0 unspecified atom stereocenters. The quantitative estimate of drug-likeness (QED) is 0.155. The maximum Gasteiger partial charge on any atom is 0.338 e. The highest BCUT2D eigenvalue weighted by molar-refractivity contribution is 5.91. The normalized spacial score (nSPS) is 19.7. The van der Waals surface area contributed by atoms with Crippen molar-refractivity contribution in [1.29, 1.82) is 0 Å².